The molecule has 19 heavy (non-hydrogen) atoms. The van der Waals surface area contributed by atoms with Gasteiger partial charge in [-0.1, -0.05) is 39.7 Å². The highest BCUT2D eigenvalue weighted by Crippen LogP contribution is 2.31. The summed E-state index contributed by atoms with van der Waals surface area (Å²) in [5.74, 6) is 1.63. The molecule has 0 heterocycles. The van der Waals surface area contributed by atoms with Crippen LogP contribution in [0, 0.1) is 24.0 Å². The first-order valence-electron chi connectivity index (χ1n) is 6.43. The van der Waals surface area contributed by atoms with Crippen LogP contribution in [-0.2, 0) is 0 Å². The van der Waals surface area contributed by atoms with Gasteiger partial charge in [0, 0.05) is 10.8 Å². The van der Waals surface area contributed by atoms with E-state index >= 15 is 0 Å². The number of rotatable bonds is 1. The van der Waals surface area contributed by atoms with Crippen molar-refractivity contribution in [1.82, 2.24) is 0 Å². The first-order valence-corrected chi connectivity index (χ1v) is 6.43. The van der Waals surface area contributed by atoms with E-state index in [4.69, 9.17) is 6.42 Å². The maximum Gasteiger partial charge on any atom is 0.139 e. The highest BCUT2D eigenvalue weighted by Gasteiger charge is 2.14. The van der Waals surface area contributed by atoms with Crippen molar-refractivity contribution in [3.8, 4) is 12.3 Å². The van der Waals surface area contributed by atoms with Gasteiger partial charge in [-0.15, -0.1) is 6.42 Å². The number of hydrogen-bond donors (Lipinski definition) is 0. The third kappa shape index (κ3) is 2.76. The molecule has 0 aliphatic rings. The maximum absolute atomic E-state index is 13.7. The SMILES string of the molecule is C#Cc1c(F)ccc2c(F)ccc(C(C)C)c12.CC. The van der Waals surface area contributed by atoms with Gasteiger partial charge in [0.1, 0.15) is 11.6 Å². The smallest absolute Gasteiger partial charge is 0.139 e. The molecule has 0 N–H and O–H groups in total. The average Bonchev–Trinajstić information content (AvgIpc) is 2.41. The van der Waals surface area contributed by atoms with Crippen molar-refractivity contribution >= 4 is 10.8 Å². The van der Waals surface area contributed by atoms with Crippen molar-refractivity contribution in [3.05, 3.63) is 47.0 Å². The van der Waals surface area contributed by atoms with Gasteiger partial charge < -0.3 is 0 Å². The lowest BCUT2D eigenvalue weighted by atomic mass is 9.92. The summed E-state index contributed by atoms with van der Waals surface area (Å²) in [4.78, 5) is 0. The molecule has 0 saturated carbocycles. The third-order valence-corrected chi connectivity index (χ3v) is 2.88. The van der Waals surface area contributed by atoms with E-state index in [9.17, 15) is 8.78 Å². The van der Waals surface area contributed by atoms with E-state index in [1.807, 2.05) is 27.7 Å². The van der Waals surface area contributed by atoms with Crippen LogP contribution in [0.15, 0.2) is 24.3 Å². The Morgan fingerprint density at radius 3 is 2.11 bits per heavy atom. The predicted molar refractivity (Wildman–Crippen MR) is 77.2 cm³/mol. The number of fused-ring (bicyclic) bond motifs is 1. The van der Waals surface area contributed by atoms with Gasteiger partial charge >= 0.3 is 0 Å². The standard InChI is InChI=1S/C15H12F2.C2H6/c1-4-10-13(16)8-6-12-14(17)7-5-11(9(2)3)15(10)12;1-2/h1,5-9H,2-3H3;1-2H3. The fraction of sp³-hybridized carbons (Fsp3) is 0.294. The molecule has 2 rings (SSSR count). The summed E-state index contributed by atoms with van der Waals surface area (Å²) in [6, 6.07) is 5.72. The van der Waals surface area contributed by atoms with E-state index in [0.717, 1.165) is 5.56 Å². The molecule has 0 radical (unpaired) electrons. The molecule has 2 aromatic rings. The molecule has 0 nitrogen and oxygen atoms in total. The van der Waals surface area contributed by atoms with E-state index < -0.39 is 5.82 Å². The van der Waals surface area contributed by atoms with Crippen LogP contribution in [0.5, 0.6) is 0 Å². The molecule has 0 bridgehead atoms. The van der Waals surface area contributed by atoms with Crippen LogP contribution in [0.3, 0.4) is 0 Å². The minimum absolute atomic E-state index is 0.144. The summed E-state index contributed by atoms with van der Waals surface area (Å²) in [5, 5.41) is 0.896. The van der Waals surface area contributed by atoms with Crippen molar-refractivity contribution in [1.29, 1.82) is 0 Å². The topological polar surface area (TPSA) is 0 Å². The van der Waals surface area contributed by atoms with Crippen LogP contribution in [0.4, 0.5) is 8.78 Å². The van der Waals surface area contributed by atoms with E-state index in [1.165, 1.54) is 18.2 Å². The van der Waals surface area contributed by atoms with Crippen molar-refractivity contribution in [2.24, 2.45) is 0 Å². The molecule has 0 aliphatic heterocycles. The van der Waals surface area contributed by atoms with Gasteiger partial charge in [-0.05, 0) is 29.7 Å². The summed E-state index contributed by atoms with van der Waals surface area (Å²) >= 11 is 0. The van der Waals surface area contributed by atoms with Crippen LogP contribution >= 0.6 is 0 Å². The fourth-order valence-electron chi connectivity index (χ4n) is 2.03. The van der Waals surface area contributed by atoms with Crippen LogP contribution in [0.25, 0.3) is 10.8 Å². The largest absolute Gasteiger partial charge is 0.206 e. The van der Waals surface area contributed by atoms with Gasteiger partial charge in [0.2, 0.25) is 0 Å². The highest BCUT2D eigenvalue weighted by molar-refractivity contribution is 5.92. The molecular formula is C17H18F2. The summed E-state index contributed by atoms with van der Waals surface area (Å²) in [7, 11) is 0. The number of halogens is 2. The predicted octanol–water partition coefficient (Wildman–Crippen LogP) is 5.25. The van der Waals surface area contributed by atoms with Gasteiger partial charge in [0.15, 0.2) is 0 Å². The molecular weight excluding hydrogens is 242 g/mol. The number of benzene rings is 2. The average molecular weight is 260 g/mol. The van der Waals surface area contributed by atoms with E-state index in [1.54, 1.807) is 6.07 Å². The van der Waals surface area contributed by atoms with Crippen molar-refractivity contribution in [2.45, 2.75) is 33.6 Å². The Morgan fingerprint density at radius 2 is 1.58 bits per heavy atom. The summed E-state index contributed by atoms with van der Waals surface area (Å²) < 4.78 is 27.3. The number of terminal acetylenes is 1. The Morgan fingerprint density at radius 1 is 1.00 bits per heavy atom. The molecule has 2 aromatic carbocycles. The molecule has 0 fully saturated rings. The van der Waals surface area contributed by atoms with E-state index in [0.29, 0.717) is 10.8 Å². The molecule has 0 spiro atoms. The van der Waals surface area contributed by atoms with Gasteiger partial charge in [0.05, 0.1) is 5.56 Å². The van der Waals surface area contributed by atoms with E-state index in [2.05, 4.69) is 5.92 Å². The summed E-state index contributed by atoms with van der Waals surface area (Å²) in [6.07, 6.45) is 5.32. The van der Waals surface area contributed by atoms with Crippen LogP contribution < -0.4 is 0 Å². The minimum atomic E-state index is -0.479. The first kappa shape index (κ1) is 15.2. The first-order chi connectivity index (χ1) is 9.06. The van der Waals surface area contributed by atoms with Crippen molar-refractivity contribution in [3.63, 3.8) is 0 Å². The van der Waals surface area contributed by atoms with Crippen LogP contribution in [0.2, 0.25) is 0 Å². The summed E-state index contributed by atoms with van der Waals surface area (Å²) in [6.45, 7) is 7.94. The zero-order valence-electron chi connectivity index (χ0n) is 11.7. The Labute approximate surface area is 113 Å². The summed E-state index contributed by atoms with van der Waals surface area (Å²) in [5.41, 5.74) is 1.01. The molecule has 0 unspecified atom stereocenters. The second kappa shape index (κ2) is 6.33. The fourth-order valence-corrected chi connectivity index (χ4v) is 2.03. The van der Waals surface area contributed by atoms with Crippen LogP contribution in [-0.4, -0.2) is 0 Å². The Hall–Kier alpha value is -1.88. The lowest BCUT2D eigenvalue weighted by molar-refractivity contribution is 0.623. The van der Waals surface area contributed by atoms with Gasteiger partial charge in [-0.25, -0.2) is 8.78 Å². The number of hydrogen-bond acceptors (Lipinski definition) is 0. The third-order valence-electron chi connectivity index (χ3n) is 2.88. The lowest BCUT2D eigenvalue weighted by Crippen LogP contribution is -1.96. The minimum Gasteiger partial charge on any atom is -0.206 e. The highest BCUT2D eigenvalue weighted by atomic mass is 19.1. The molecule has 0 aliphatic carbocycles. The van der Waals surface area contributed by atoms with Crippen molar-refractivity contribution in [2.75, 3.05) is 0 Å². The Balaban J connectivity index is 0.000000861. The molecule has 0 aromatic heterocycles. The Bertz CT molecular complexity index is 619. The molecule has 0 atom stereocenters. The van der Waals surface area contributed by atoms with Gasteiger partial charge in [-0.3, -0.25) is 0 Å². The second-order valence-electron chi connectivity index (χ2n) is 4.28. The monoisotopic (exact) mass is 260 g/mol. The molecule has 100 valence electrons. The zero-order valence-corrected chi connectivity index (χ0v) is 11.7. The normalized spacial score (nSPS) is 10.0. The van der Waals surface area contributed by atoms with Gasteiger partial charge in [0.25, 0.3) is 0 Å². The zero-order chi connectivity index (χ0) is 14.6. The van der Waals surface area contributed by atoms with Crippen molar-refractivity contribution < 1.29 is 8.78 Å². The van der Waals surface area contributed by atoms with Crippen LogP contribution in [0.1, 0.15) is 44.7 Å². The molecule has 0 saturated heterocycles. The Kier molecular flexibility index (Phi) is 5.06. The van der Waals surface area contributed by atoms with E-state index in [-0.39, 0.29) is 17.3 Å². The second-order valence-corrected chi connectivity index (χ2v) is 4.28. The lowest BCUT2D eigenvalue weighted by Gasteiger charge is -2.12. The quantitative estimate of drug-likeness (QED) is 0.614. The molecule has 2 heteroatoms. The molecule has 0 amide bonds. The van der Waals surface area contributed by atoms with Gasteiger partial charge in [-0.2, -0.15) is 0 Å². The maximum atomic E-state index is 13.7.